The van der Waals surface area contributed by atoms with Crippen LogP contribution in [0.15, 0.2) is 42.5 Å². The standard InChI is InChI=1S/C33H48N4O7/c1-8-26(31(39)33(41)34-21-24-11-15-28(42-6)29(20-24)43-7)36-32(40)27(19-22(2)3)35-30(38)16-12-23-9-13-25(14-10-23)44-18-17-37(4)5/h9-11,13-15,20,22,26-27H,8,12,16-19,21H2,1-7H3,(H,34,41)(H,35,38)(H,36,40)/t26?,27-/m0/s1. The Bertz CT molecular complexity index is 1230. The van der Waals surface area contributed by atoms with Gasteiger partial charge in [-0.25, -0.2) is 0 Å². The smallest absolute Gasteiger partial charge is 0.289 e. The highest BCUT2D eigenvalue weighted by Crippen LogP contribution is 2.27. The zero-order valence-corrected chi connectivity index (χ0v) is 27.0. The van der Waals surface area contributed by atoms with Gasteiger partial charge in [0.1, 0.15) is 18.4 Å². The second-order valence-corrected chi connectivity index (χ2v) is 11.3. The first-order chi connectivity index (χ1) is 21.0. The fourth-order valence-corrected chi connectivity index (χ4v) is 4.37. The molecule has 2 rings (SSSR count). The molecule has 1 unspecified atom stereocenters. The Morgan fingerprint density at radius 3 is 2.11 bits per heavy atom. The minimum Gasteiger partial charge on any atom is -0.493 e. The number of hydrogen-bond acceptors (Lipinski definition) is 8. The maximum atomic E-state index is 13.2. The van der Waals surface area contributed by atoms with Gasteiger partial charge in [-0.05, 0) is 74.7 Å². The number of carbonyl (C=O) groups is 4. The molecule has 0 saturated carbocycles. The minimum atomic E-state index is -1.03. The van der Waals surface area contributed by atoms with Crippen LogP contribution < -0.4 is 30.2 Å². The van der Waals surface area contributed by atoms with Crippen LogP contribution in [0.4, 0.5) is 0 Å². The van der Waals surface area contributed by atoms with Gasteiger partial charge in [-0.3, -0.25) is 19.2 Å². The molecule has 2 atom stereocenters. The molecule has 0 saturated heterocycles. The lowest BCUT2D eigenvalue weighted by atomic mass is 10.0. The Morgan fingerprint density at radius 2 is 1.52 bits per heavy atom. The van der Waals surface area contributed by atoms with Crippen LogP contribution in [0.2, 0.25) is 0 Å². The third kappa shape index (κ3) is 12.2. The molecule has 2 aromatic rings. The molecule has 0 aromatic heterocycles. The molecule has 0 aliphatic rings. The van der Waals surface area contributed by atoms with Crippen LogP contribution in [0.1, 0.15) is 51.2 Å². The van der Waals surface area contributed by atoms with Crippen molar-refractivity contribution in [2.24, 2.45) is 5.92 Å². The van der Waals surface area contributed by atoms with E-state index in [-0.39, 0.29) is 31.2 Å². The van der Waals surface area contributed by atoms with Gasteiger partial charge in [0.05, 0.1) is 20.3 Å². The van der Waals surface area contributed by atoms with Gasteiger partial charge in [0, 0.05) is 19.5 Å². The number of hydrogen-bond donors (Lipinski definition) is 3. The number of amides is 3. The topological polar surface area (TPSA) is 135 Å². The van der Waals surface area contributed by atoms with Gasteiger partial charge in [-0.1, -0.05) is 39.0 Å². The van der Waals surface area contributed by atoms with E-state index in [1.807, 2.05) is 57.1 Å². The maximum Gasteiger partial charge on any atom is 0.289 e. The molecule has 11 nitrogen and oxygen atoms in total. The molecule has 3 amide bonds. The van der Waals surface area contributed by atoms with Crippen LogP contribution in [0.3, 0.4) is 0 Å². The van der Waals surface area contributed by atoms with Gasteiger partial charge in [-0.2, -0.15) is 0 Å². The molecule has 242 valence electrons. The van der Waals surface area contributed by atoms with Crippen molar-refractivity contribution in [3.8, 4) is 17.2 Å². The number of likely N-dealkylation sites (N-methyl/N-ethyl adjacent to an activating group) is 1. The predicted molar refractivity (Wildman–Crippen MR) is 169 cm³/mol. The van der Waals surface area contributed by atoms with Crippen LogP contribution in [0, 0.1) is 5.92 Å². The number of Topliss-reactive ketones (excluding diaryl/α,β-unsaturated/α-hetero) is 1. The number of ether oxygens (including phenoxy) is 3. The summed E-state index contributed by atoms with van der Waals surface area (Å²) in [5.74, 6) is -0.430. The van der Waals surface area contributed by atoms with E-state index in [9.17, 15) is 19.2 Å². The molecular formula is C33H48N4O7. The highest BCUT2D eigenvalue weighted by atomic mass is 16.5. The number of nitrogens with one attached hydrogen (secondary N) is 3. The fourth-order valence-electron chi connectivity index (χ4n) is 4.37. The molecule has 0 fully saturated rings. The SMILES string of the molecule is CCC(NC(=O)[C@H](CC(C)C)NC(=O)CCc1ccc(OCCN(C)C)cc1)C(=O)C(=O)NCc1ccc(OC)c(OC)c1. The van der Waals surface area contributed by atoms with Crippen molar-refractivity contribution in [3.63, 3.8) is 0 Å². The normalized spacial score (nSPS) is 12.3. The average molecular weight is 613 g/mol. The van der Waals surface area contributed by atoms with Crippen LogP contribution in [0.5, 0.6) is 17.2 Å². The number of methoxy groups -OCH3 is 2. The maximum absolute atomic E-state index is 13.2. The molecule has 0 radical (unpaired) electrons. The average Bonchev–Trinajstić information content (AvgIpc) is 3.00. The highest BCUT2D eigenvalue weighted by molar-refractivity contribution is 6.38. The summed E-state index contributed by atoms with van der Waals surface area (Å²) in [7, 11) is 7.00. The van der Waals surface area contributed by atoms with E-state index in [0.29, 0.717) is 36.5 Å². The van der Waals surface area contributed by atoms with E-state index in [4.69, 9.17) is 14.2 Å². The number of carbonyl (C=O) groups excluding carboxylic acids is 4. The van der Waals surface area contributed by atoms with Crippen LogP contribution >= 0.6 is 0 Å². The van der Waals surface area contributed by atoms with E-state index < -0.39 is 29.7 Å². The van der Waals surface area contributed by atoms with Gasteiger partial charge in [0.15, 0.2) is 11.5 Å². The van der Waals surface area contributed by atoms with E-state index in [0.717, 1.165) is 17.9 Å². The number of benzene rings is 2. The number of ketones is 1. The van der Waals surface area contributed by atoms with Crippen LogP contribution in [-0.4, -0.2) is 82.0 Å². The van der Waals surface area contributed by atoms with E-state index in [1.54, 1.807) is 25.1 Å². The lowest BCUT2D eigenvalue weighted by Crippen LogP contribution is -2.54. The molecule has 0 bridgehead atoms. The van der Waals surface area contributed by atoms with Crippen molar-refractivity contribution in [2.45, 2.75) is 65.1 Å². The number of aryl methyl sites for hydroxylation is 1. The molecule has 44 heavy (non-hydrogen) atoms. The summed E-state index contributed by atoms with van der Waals surface area (Å²) < 4.78 is 16.2. The largest absolute Gasteiger partial charge is 0.493 e. The Hall–Kier alpha value is -4.12. The van der Waals surface area contributed by atoms with Crippen molar-refractivity contribution in [2.75, 3.05) is 41.5 Å². The quantitative estimate of drug-likeness (QED) is 0.206. The Morgan fingerprint density at radius 1 is 0.864 bits per heavy atom. The summed E-state index contributed by atoms with van der Waals surface area (Å²) in [5.41, 5.74) is 1.69. The number of nitrogens with zero attached hydrogens (tertiary/aromatic N) is 1. The Kier molecular flexibility index (Phi) is 15.2. The van der Waals surface area contributed by atoms with Gasteiger partial charge >= 0.3 is 0 Å². The summed E-state index contributed by atoms with van der Waals surface area (Å²) in [4.78, 5) is 53.7. The summed E-state index contributed by atoms with van der Waals surface area (Å²) in [6.07, 6.45) is 1.28. The van der Waals surface area contributed by atoms with Crippen molar-refractivity contribution in [3.05, 3.63) is 53.6 Å². The molecular weight excluding hydrogens is 564 g/mol. The van der Waals surface area contributed by atoms with Crippen LogP contribution in [-0.2, 0) is 32.1 Å². The van der Waals surface area contributed by atoms with Gasteiger partial charge < -0.3 is 35.1 Å². The third-order valence-electron chi connectivity index (χ3n) is 6.90. The molecule has 2 aromatic carbocycles. The first kappa shape index (κ1) is 36.1. The zero-order chi connectivity index (χ0) is 32.6. The van der Waals surface area contributed by atoms with Crippen molar-refractivity contribution in [1.82, 2.24) is 20.9 Å². The lowest BCUT2D eigenvalue weighted by molar-refractivity contribution is -0.140. The monoisotopic (exact) mass is 612 g/mol. The Labute approximate surface area is 261 Å². The van der Waals surface area contributed by atoms with E-state index >= 15 is 0 Å². The zero-order valence-electron chi connectivity index (χ0n) is 27.0. The van der Waals surface area contributed by atoms with Crippen molar-refractivity contribution >= 4 is 23.5 Å². The molecule has 0 aliphatic heterocycles. The molecule has 3 N–H and O–H groups in total. The van der Waals surface area contributed by atoms with E-state index in [1.165, 1.54) is 14.2 Å². The Balaban J connectivity index is 1.92. The summed E-state index contributed by atoms with van der Waals surface area (Å²) in [6.45, 7) is 7.08. The fraction of sp³-hybridized carbons (Fsp3) is 0.515. The van der Waals surface area contributed by atoms with Gasteiger partial charge in [-0.15, -0.1) is 0 Å². The second kappa shape index (κ2) is 18.5. The lowest BCUT2D eigenvalue weighted by Gasteiger charge is -2.23. The molecule has 0 spiro atoms. The third-order valence-corrected chi connectivity index (χ3v) is 6.90. The summed E-state index contributed by atoms with van der Waals surface area (Å²) in [5, 5.41) is 8.10. The summed E-state index contributed by atoms with van der Waals surface area (Å²) in [6, 6.07) is 10.9. The van der Waals surface area contributed by atoms with E-state index in [2.05, 4.69) is 16.0 Å². The highest BCUT2D eigenvalue weighted by Gasteiger charge is 2.29. The minimum absolute atomic E-state index is 0.0908. The van der Waals surface area contributed by atoms with Gasteiger partial charge in [0.2, 0.25) is 17.6 Å². The molecule has 0 heterocycles. The summed E-state index contributed by atoms with van der Waals surface area (Å²) >= 11 is 0. The van der Waals surface area contributed by atoms with Crippen molar-refractivity contribution < 1.29 is 33.4 Å². The molecule has 11 heteroatoms. The first-order valence-corrected chi connectivity index (χ1v) is 15.0. The second-order valence-electron chi connectivity index (χ2n) is 11.3. The van der Waals surface area contributed by atoms with Crippen molar-refractivity contribution in [1.29, 1.82) is 0 Å². The molecule has 0 aliphatic carbocycles. The number of rotatable bonds is 19. The van der Waals surface area contributed by atoms with Crippen LogP contribution in [0.25, 0.3) is 0 Å². The van der Waals surface area contributed by atoms with Gasteiger partial charge in [0.25, 0.3) is 5.91 Å². The predicted octanol–water partition coefficient (Wildman–Crippen LogP) is 2.89. The first-order valence-electron chi connectivity index (χ1n) is 15.0.